The zero-order valence-electron chi connectivity index (χ0n) is 12.8. The first-order chi connectivity index (χ1) is 11.0. The summed E-state index contributed by atoms with van der Waals surface area (Å²) >= 11 is 3.28. The SMILES string of the molecule is C[C@@H]1CN(c2nccc(Nc3cc(Br)cnc3F)n2)C[C@H](C)O1. The van der Waals surface area contributed by atoms with Crippen LogP contribution < -0.4 is 10.2 Å². The molecule has 23 heavy (non-hydrogen) atoms. The van der Waals surface area contributed by atoms with Crippen molar-refractivity contribution in [1.29, 1.82) is 0 Å². The molecule has 0 unspecified atom stereocenters. The largest absolute Gasteiger partial charge is 0.372 e. The molecule has 0 radical (unpaired) electrons. The van der Waals surface area contributed by atoms with Crippen molar-refractivity contribution in [2.45, 2.75) is 26.1 Å². The molecule has 122 valence electrons. The van der Waals surface area contributed by atoms with Gasteiger partial charge in [0.1, 0.15) is 5.82 Å². The molecule has 3 heterocycles. The molecule has 1 aliphatic heterocycles. The van der Waals surface area contributed by atoms with Crippen molar-refractivity contribution in [3.63, 3.8) is 0 Å². The predicted octanol–water partition coefficient (Wildman–Crippen LogP) is 3.13. The van der Waals surface area contributed by atoms with E-state index in [9.17, 15) is 4.39 Å². The van der Waals surface area contributed by atoms with Crippen molar-refractivity contribution < 1.29 is 9.13 Å². The second kappa shape index (κ2) is 6.76. The Morgan fingerprint density at radius 3 is 2.78 bits per heavy atom. The number of aromatic nitrogens is 3. The highest BCUT2D eigenvalue weighted by Gasteiger charge is 2.24. The summed E-state index contributed by atoms with van der Waals surface area (Å²) in [5.41, 5.74) is 0.257. The van der Waals surface area contributed by atoms with Crippen LogP contribution in [-0.2, 0) is 4.74 Å². The van der Waals surface area contributed by atoms with Crippen molar-refractivity contribution >= 4 is 33.4 Å². The van der Waals surface area contributed by atoms with Crippen LogP contribution in [-0.4, -0.2) is 40.2 Å². The fourth-order valence-electron chi connectivity index (χ4n) is 2.56. The van der Waals surface area contributed by atoms with Gasteiger partial charge in [0.2, 0.25) is 11.9 Å². The van der Waals surface area contributed by atoms with E-state index >= 15 is 0 Å². The van der Waals surface area contributed by atoms with Gasteiger partial charge >= 0.3 is 0 Å². The molecule has 2 atom stereocenters. The molecular formula is C15H17BrFN5O. The van der Waals surface area contributed by atoms with Gasteiger partial charge in [-0.2, -0.15) is 9.37 Å². The van der Waals surface area contributed by atoms with Gasteiger partial charge in [0.15, 0.2) is 0 Å². The van der Waals surface area contributed by atoms with Crippen molar-refractivity contribution in [2.24, 2.45) is 0 Å². The molecule has 0 aromatic carbocycles. The van der Waals surface area contributed by atoms with E-state index in [1.165, 1.54) is 6.20 Å². The van der Waals surface area contributed by atoms with Crippen molar-refractivity contribution in [2.75, 3.05) is 23.3 Å². The average molecular weight is 382 g/mol. The van der Waals surface area contributed by atoms with E-state index in [1.807, 2.05) is 13.8 Å². The zero-order chi connectivity index (χ0) is 16.4. The highest BCUT2D eigenvalue weighted by Crippen LogP contribution is 2.23. The van der Waals surface area contributed by atoms with Crippen LogP contribution >= 0.6 is 15.9 Å². The van der Waals surface area contributed by atoms with Crippen LogP contribution in [0.1, 0.15) is 13.8 Å². The van der Waals surface area contributed by atoms with Gasteiger partial charge < -0.3 is 15.0 Å². The standard InChI is InChI=1S/C15H17BrFN5O/c1-9-7-22(8-10(2)23-9)15-18-4-3-13(21-15)20-12-5-11(16)6-19-14(12)17/h3-6,9-10H,7-8H2,1-2H3,(H,18,20,21)/t9-,10+. The Bertz CT molecular complexity index is 691. The third kappa shape index (κ3) is 3.94. The summed E-state index contributed by atoms with van der Waals surface area (Å²) in [5.74, 6) is 0.531. The fraction of sp³-hybridized carbons (Fsp3) is 0.400. The lowest BCUT2D eigenvalue weighted by atomic mass is 10.2. The number of morpholine rings is 1. The summed E-state index contributed by atoms with van der Waals surface area (Å²) in [6.07, 6.45) is 3.29. The van der Waals surface area contributed by atoms with Crippen LogP contribution in [0.5, 0.6) is 0 Å². The number of nitrogens with one attached hydrogen (secondary N) is 1. The van der Waals surface area contributed by atoms with E-state index < -0.39 is 5.95 Å². The monoisotopic (exact) mass is 381 g/mol. The lowest BCUT2D eigenvalue weighted by Crippen LogP contribution is -2.46. The second-order valence-electron chi connectivity index (χ2n) is 5.52. The molecule has 0 bridgehead atoms. The molecule has 6 nitrogen and oxygen atoms in total. The number of ether oxygens (including phenoxy) is 1. The molecule has 1 fully saturated rings. The second-order valence-corrected chi connectivity index (χ2v) is 6.44. The third-order valence-corrected chi connectivity index (χ3v) is 3.85. The van der Waals surface area contributed by atoms with Gasteiger partial charge in [0.25, 0.3) is 0 Å². The molecule has 0 amide bonds. The van der Waals surface area contributed by atoms with Crippen LogP contribution in [0.3, 0.4) is 0 Å². The number of halogens is 2. The van der Waals surface area contributed by atoms with E-state index in [-0.39, 0.29) is 17.9 Å². The summed E-state index contributed by atoms with van der Waals surface area (Å²) < 4.78 is 20.2. The smallest absolute Gasteiger partial charge is 0.236 e. The summed E-state index contributed by atoms with van der Waals surface area (Å²) in [5, 5.41) is 2.94. The van der Waals surface area contributed by atoms with Crippen LogP contribution in [0.2, 0.25) is 0 Å². The Labute approximate surface area is 142 Å². The third-order valence-electron chi connectivity index (χ3n) is 3.41. The average Bonchev–Trinajstić information content (AvgIpc) is 2.50. The molecular weight excluding hydrogens is 365 g/mol. The number of anilines is 3. The molecule has 0 spiro atoms. The molecule has 0 aliphatic carbocycles. The Kier molecular flexibility index (Phi) is 4.72. The first-order valence-corrected chi connectivity index (χ1v) is 8.12. The quantitative estimate of drug-likeness (QED) is 0.824. The van der Waals surface area contributed by atoms with Gasteiger partial charge in [-0.05, 0) is 41.9 Å². The summed E-state index contributed by atoms with van der Waals surface area (Å²) in [7, 11) is 0. The molecule has 0 saturated carbocycles. The van der Waals surface area contributed by atoms with E-state index in [1.54, 1.807) is 18.3 Å². The van der Waals surface area contributed by atoms with Crippen LogP contribution in [0.25, 0.3) is 0 Å². The maximum absolute atomic E-state index is 13.7. The van der Waals surface area contributed by atoms with E-state index in [2.05, 4.69) is 41.1 Å². The lowest BCUT2D eigenvalue weighted by molar-refractivity contribution is -0.00571. The topological polar surface area (TPSA) is 63.2 Å². The summed E-state index contributed by atoms with van der Waals surface area (Å²) in [6, 6.07) is 3.31. The fourth-order valence-corrected chi connectivity index (χ4v) is 2.89. The van der Waals surface area contributed by atoms with Gasteiger partial charge in [-0.15, -0.1) is 0 Å². The lowest BCUT2D eigenvalue weighted by Gasteiger charge is -2.35. The summed E-state index contributed by atoms with van der Waals surface area (Å²) in [4.78, 5) is 14.5. The van der Waals surface area contributed by atoms with Crippen molar-refractivity contribution in [3.8, 4) is 0 Å². The van der Waals surface area contributed by atoms with E-state index in [4.69, 9.17) is 4.74 Å². The zero-order valence-corrected chi connectivity index (χ0v) is 14.4. The first-order valence-electron chi connectivity index (χ1n) is 7.33. The molecule has 2 aromatic heterocycles. The Morgan fingerprint density at radius 1 is 1.30 bits per heavy atom. The molecule has 8 heteroatoms. The normalized spacial score (nSPS) is 21.3. The molecule has 1 saturated heterocycles. The minimum atomic E-state index is -0.582. The van der Waals surface area contributed by atoms with Gasteiger partial charge in [0.05, 0.1) is 17.9 Å². The van der Waals surface area contributed by atoms with Crippen molar-refractivity contribution in [3.05, 3.63) is 34.9 Å². The van der Waals surface area contributed by atoms with E-state index in [0.717, 1.165) is 13.1 Å². The van der Waals surface area contributed by atoms with Gasteiger partial charge in [-0.3, -0.25) is 0 Å². The van der Waals surface area contributed by atoms with Gasteiger partial charge in [-0.1, -0.05) is 0 Å². The number of hydrogen-bond acceptors (Lipinski definition) is 6. The molecule has 1 aliphatic rings. The van der Waals surface area contributed by atoms with Crippen molar-refractivity contribution in [1.82, 2.24) is 15.0 Å². The minimum Gasteiger partial charge on any atom is -0.372 e. The number of hydrogen-bond donors (Lipinski definition) is 1. The minimum absolute atomic E-state index is 0.116. The van der Waals surface area contributed by atoms with Gasteiger partial charge in [-0.25, -0.2) is 9.97 Å². The molecule has 2 aromatic rings. The number of pyridine rings is 1. The van der Waals surface area contributed by atoms with Crippen LogP contribution in [0.15, 0.2) is 29.0 Å². The highest BCUT2D eigenvalue weighted by atomic mass is 79.9. The Hall–Kier alpha value is -1.80. The number of rotatable bonds is 3. The van der Waals surface area contributed by atoms with Crippen LogP contribution in [0, 0.1) is 5.95 Å². The van der Waals surface area contributed by atoms with Gasteiger partial charge in [0, 0.05) is 30.0 Å². The maximum Gasteiger partial charge on any atom is 0.236 e. The maximum atomic E-state index is 13.7. The molecule has 1 N–H and O–H groups in total. The Morgan fingerprint density at radius 2 is 2.04 bits per heavy atom. The highest BCUT2D eigenvalue weighted by molar-refractivity contribution is 9.10. The summed E-state index contributed by atoms with van der Waals surface area (Å²) in [6.45, 7) is 5.49. The number of nitrogens with zero attached hydrogens (tertiary/aromatic N) is 4. The Balaban J connectivity index is 1.81. The van der Waals surface area contributed by atoms with Crippen LogP contribution in [0.4, 0.5) is 21.8 Å². The predicted molar refractivity (Wildman–Crippen MR) is 89.4 cm³/mol. The molecule has 3 rings (SSSR count). The first kappa shape index (κ1) is 16.1. The van der Waals surface area contributed by atoms with E-state index in [0.29, 0.717) is 16.2 Å².